The quantitative estimate of drug-likeness (QED) is 0.946. The standard InChI is InChI=1S/C13H8F2N2O2S/c14-9-4-6-10(7-5-9)17-20(18,19)13-3-1-2-12(15)11(13)8-16/h1-7,17H. The van der Waals surface area contributed by atoms with Crippen LogP contribution >= 0.6 is 0 Å². The highest BCUT2D eigenvalue weighted by Gasteiger charge is 2.21. The van der Waals surface area contributed by atoms with Crippen molar-refractivity contribution in [3.63, 3.8) is 0 Å². The molecule has 7 heteroatoms. The first-order valence-corrected chi connectivity index (χ1v) is 6.89. The summed E-state index contributed by atoms with van der Waals surface area (Å²) >= 11 is 0. The molecule has 0 aliphatic heterocycles. The number of halogens is 2. The van der Waals surface area contributed by atoms with Crippen molar-refractivity contribution in [2.24, 2.45) is 0 Å². The molecule has 4 nitrogen and oxygen atoms in total. The van der Waals surface area contributed by atoms with Gasteiger partial charge in [-0.15, -0.1) is 0 Å². The number of nitrogens with zero attached hydrogens (tertiary/aromatic N) is 1. The average molecular weight is 294 g/mol. The zero-order valence-corrected chi connectivity index (χ0v) is 10.8. The van der Waals surface area contributed by atoms with Gasteiger partial charge in [0.15, 0.2) is 0 Å². The van der Waals surface area contributed by atoms with Gasteiger partial charge in [0, 0.05) is 5.69 Å². The van der Waals surface area contributed by atoms with Crippen LogP contribution in [0.1, 0.15) is 5.56 Å². The Kier molecular flexibility index (Phi) is 3.68. The monoisotopic (exact) mass is 294 g/mol. The summed E-state index contributed by atoms with van der Waals surface area (Å²) in [6.45, 7) is 0. The van der Waals surface area contributed by atoms with Crippen molar-refractivity contribution in [2.75, 3.05) is 4.72 Å². The first-order chi connectivity index (χ1) is 9.44. The van der Waals surface area contributed by atoms with E-state index in [0.29, 0.717) is 0 Å². The van der Waals surface area contributed by atoms with Crippen molar-refractivity contribution < 1.29 is 17.2 Å². The average Bonchev–Trinajstić information content (AvgIpc) is 2.41. The number of nitriles is 1. The summed E-state index contributed by atoms with van der Waals surface area (Å²) in [6, 6.07) is 9.41. The molecule has 102 valence electrons. The van der Waals surface area contributed by atoms with E-state index in [2.05, 4.69) is 4.72 Å². The fraction of sp³-hybridized carbons (Fsp3) is 0. The zero-order valence-electron chi connectivity index (χ0n) is 9.97. The minimum Gasteiger partial charge on any atom is -0.280 e. The van der Waals surface area contributed by atoms with Gasteiger partial charge in [-0.05, 0) is 36.4 Å². The summed E-state index contributed by atoms with van der Waals surface area (Å²) in [7, 11) is -4.13. The van der Waals surface area contributed by atoms with E-state index in [-0.39, 0.29) is 5.69 Å². The van der Waals surface area contributed by atoms with E-state index < -0.39 is 32.1 Å². The minimum atomic E-state index is -4.13. The molecule has 0 aliphatic carbocycles. The van der Waals surface area contributed by atoms with E-state index in [0.717, 1.165) is 24.3 Å². The van der Waals surface area contributed by atoms with Gasteiger partial charge in [-0.2, -0.15) is 5.26 Å². The topological polar surface area (TPSA) is 70.0 Å². The van der Waals surface area contributed by atoms with E-state index in [1.54, 1.807) is 0 Å². The molecule has 1 N–H and O–H groups in total. The van der Waals surface area contributed by atoms with Gasteiger partial charge in [0.2, 0.25) is 0 Å². The molecule has 0 fully saturated rings. The van der Waals surface area contributed by atoms with Gasteiger partial charge in [0.1, 0.15) is 28.2 Å². The summed E-state index contributed by atoms with van der Waals surface area (Å²) < 4.78 is 52.5. The summed E-state index contributed by atoms with van der Waals surface area (Å²) in [5.41, 5.74) is -0.457. The molecular formula is C13H8F2N2O2S. The molecule has 2 rings (SSSR count). The number of benzene rings is 2. The molecule has 0 aromatic heterocycles. The Morgan fingerprint density at radius 3 is 2.30 bits per heavy atom. The molecular weight excluding hydrogens is 286 g/mol. The highest BCUT2D eigenvalue weighted by Crippen LogP contribution is 2.21. The van der Waals surface area contributed by atoms with Crippen molar-refractivity contribution in [1.82, 2.24) is 0 Å². The third-order valence-corrected chi connectivity index (χ3v) is 3.90. The molecule has 0 unspecified atom stereocenters. The third-order valence-electron chi connectivity index (χ3n) is 2.47. The fourth-order valence-electron chi connectivity index (χ4n) is 1.56. The van der Waals surface area contributed by atoms with Gasteiger partial charge in [0.05, 0.1) is 0 Å². The molecule has 2 aromatic carbocycles. The Hall–Kier alpha value is -2.46. The van der Waals surface area contributed by atoms with Gasteiger partial charge in [-0.3, -0.25) is 4.72 Å². The Balaban J connectivity index is 2.44. The summed E-state index contributed by atoms with van der Waals surface area (Å²) in [5.74, 6) is -1.44. The maximum absolute atomic E-state index is 13.4. The molecule has 0 bridgehead atoms. The molecule has 20 heavy (non-hydrogen) atoms. The lowest BCUT2D eigenvalue weighted by molar-refractivity contribution is 0.593. The first kappa shape index (κ1) is 14.0. The van der Waals surface area contributed by atoms with Gasteiger partial charge in [-0.1, -0.05) is 6.07 Å². The zero-order chi connectivity index (χ0) is 14.8. The molecule has 2 aromatic rings. The fourth-order valence-corrected chi connectivity index (χ4v) is 2.79. The minimum absolute atomic E-state index is 0.111. The Morgan fingerprint density at radius 1 is 1.05 bits per heavy atom. The van der Waals surface area contributed by atoms with Gasteiger partial charge in [0.25, 0.3) is 10.0 Å². The number of hydrogen-bond acceptors (Lipinski definition) is 3. The lowest BCUT2D eigenvalue weighted by Gasteiger charge is -2.09. The van der Waals surface area contributed by atoms with Crippen LogP contribution in [0.3, 0.4) is 0 Å². The van der Waals surface area contributed by atoms with Crippen molar-refractivity contribution in [2.45, 2.75) is 4.90 Å². The highest BCUT2D eigenvalue weighted by atomic mass is 32.2. The van der Waals surface area contributed by atoms with Gasteiger partial charge >= 0.3 is 0 Å². The maximum atomic E-state index is 13.4. The van der Waals surface area contributed by atoms with E-state index in [4.69, 9.17) is 5.26 Å². The van der Waals surface area contributed by atoms with Crippen LogP contribution in [0.2, 0.25) is 0 Å². The first-order valence-electron chi connectivity index (χ1n) is 5.41. The second-order valence-electron chi connectivity index (χ2n) is 3.84. The van der Waals surface area contributed by atoms with Crippen LogP contribution in [-0.2, 0) is 10.0 Å². The van der Waals surface area contributed by atoms with Crippen molar-refractivity contribution in [1.29, 1.82) is 5.26 Å². The second-order valence-corrected chi connectivity index (χ2v) is 5.49. The summed E-state index contributed by atoms with van der Waals surface area (Å²) in [6.07, 6.45) is 0. The Labute approximate surface area is 114 Å². The number of nitrogens with one attached hydrogen (secondary N) is 1. The van der Waals surface area contributed by atoms with E-state index in [1.165, 1.54) is 24.3 Å². The lowest BCUT2D eigenvalue weighted by atomic mass is 10.2. The van der Waals surface area contributed by atoms with E-state index in [1.807, 2.05) is 0 Å². The number of sulfonamides is 1. The maximum Gasteiger partial charge on any atom is 0.263 e. The molecule has 0 saturated heterocycles. The van der Waals surface area contributed by atoms with E-state index in [9.17, 15) is 17.2 Å². The van der Waals surface area contributed by atoms with Crippen LogP contribution < -0.4 is 4.72 Å². The Morgan fingerprint density at radius 2 is 1.70 bits per heavy atom. The van der Waals surface area contributed by atoms with Crippen LogP contribution in [0, 0.1) is 23.0 Å². The van der Waals surface area contributed by atoms with Crippen LogP contribution in [0.15, 0.2) is 47.4 Å². The smallest absolute Gasteiger partial charge is 0.263 e. The van der Waals surface area contributed by atoms with Crippen molar-refractivity contribution >= 4 is 15.7 Å². The van der Waals surface area contributed by atoms with Gasteiger partial charge in [-0.25, -0.2) is 17.2 Å². The number of rotatable bonds is 3. The van der Waals surface area contributed by atoms with Crippen LogP contribution in [0.25, 0.3) is 0 Å². The van der Waals surface area contributed by atoms with Gasteiger partial charge < -0.3 is 0 Å². The lowest BCUT2D eigenvalue weighted by Crippen LogP contribution is -2.15. The van der Waals surface area contributed by atoms with Crippen molar-refractivity contribution in [3.05, 3.63) is 59.7 Å². The molecule has 0 heterocycles. The normalized spacial score (nSPS) is 10.8. The van der Waals surface area contributed by atoms with E-state index >= 15 is 0 Å². The highest BCUT2D eigenvalue weighted by molar-refractivity contribution is 7.92. The molecule has 0 spiro atoms. The summed E-state index contributed by atoms with van der Waals surface area (Å²) in [4.78, 5) is -0.468. The predicted octanol–water partition coefficient (Wildman–Crippen LogP) is 2.64. The number of hydrogen-bond donors (Lipinski definition) is 1. The SMILES string of the molecule is N#Cc1c(F)cccc1S(=O)(=O)Nc1ccc(F)cc1. The number of anilines is 1. The molecule has 0 atom stereocenters. The molecule has 0 radical (unpaired) electrons. The largest absolute Gasteiger partial charge is 0.280 e. The molecule has 0 aliphatic rings. The molecule has 0 amide bonds. The predicted molar refractivity (Wildman–Crippen MR) is 68.3 cm³/mol. The molecule has 0 saturated carbocycles. The second kappa shape index (κ2) is 5.27. The summed E-state index contributed by atoms with van der Waals surface area (Å²) in [5, 5.41) is 8.83. The van der Waals surface area contributed by atoms with Crippen molar-refractivity contribution in [3.8, 4) is 6.07 Å². The third kappa shape index (κ3) is 2.75. The Bertz CT molecular complexity index is 781. The van der Waals surface area contributed by atoms with Crippen LogP contribution in [-0.4, -0.2) is 8.42 Å². The van der Waals surface area contributed by atoms with Crippen LogP contribution in [0.5, 0.6) is 0 Å². The van der Waals surface area contributed by atoms with Crippen LogP contribution in [0.4, 0.5) is 14.5 Å².